The summed E-state index contributed by atoms with van der Waals surface area (Å²) in [7, 11) is 0. The van der Waals surface area contributed by atoms with Gasteiger partial charge < -0.3 is 14.9 Å². The number of benzene rings is 2. The molecule has 0 radical (unpaired) electrons. The highest BCUT2D eigenvalue weighted by Crippen LogP contribution is 2.31. The summed E-state index contributed by atoms with van der Waals surface area (Å²) in [5.41, 5.74) is 4.34. The number of aromatic nitrogens is 2. The van der Waals surface area contributed by atoms with Gasteiger partial charge in [-0.3, -0.25) is 4.79 Å². The fourth-order valence-corrected chi connectivity index (χ4v) is 4.64. The number of hydrogen-bond acceptors (Lipinski definition) is 5. The Balaban J connectivity index is 1.43. The van der Waals surface area contributed by atoms with E-state index in [1.165, 1.54) is 18.4 Å². The SMILES string of the molecule is CCCC(CC)c1ccc(-c2nc(-c3ccc(C4CC(CC(=O)O)CN4)cc3)no2)cc1. The molecule has 0 saturated carbocycles. The van der Waals surface area contributed by atoms with Gasteiger partial charge in [0.05, 0.1) is 0 Å². The van der Waals surface area contributed by atoms with Crippen LogP contribution in [0.3, 0.4) is 0 Å². The zero-order chi connectivity index (χ0) is 22.5. The van der Waals surface area contributed by atoms with Gasteiger partial charge in [-0.2, -0.15) is 4.98 Å². The van der Waals surface area contributed by atoms with Crippen molar-refractivity contribution in [1.82, 2.24) is 15.5 Å². The molecule has 3 aromatic rings. The second kappa shape index (κ2) is 10.1. The number of carboxylic acids is 1. The van der Waals surface area contributed by atoms with Crippen molar-refractivity contribution in [1.29, 1.82) is 0 Å². The van der Waals surface area contributed by atoms with Gasteiger partial charge in [0.1, 0.15) is 0 Å². The lowest BCUT2D eigenvalue weighted by atomic mass is 9.91. The summed E-state index contributed by atoms with van der Waals surface area (Å²) in [5, 5.41) is 16.6. The molecule has 1 aliphatic rings. The molecular weight excluding hydrogens is 402 g/mol. The van der Waals surface area contributed by atoms with Crippen molar-refractivity contribution < 1.29 is 14.4 Å². The van der Waals surface area contributed by atoms with Gasteiger partial charge in [0.2, 0.25) is 5.82 Å². The monoisotopic (exact) mass is 433 g/mol. The van der Waals surface area contributed by atoms with Crippen molar-refractivity contribution in [3.05, 3.63) is 59.7 Å². The van der Waals surface area contributed by atoms with Crippen molar-refractivity contribution >= 4 is 5.97 Å². The molecule has 2 aromatic carbocycles. The van der Waals surface area contributed by atoms with E-state index in [1.54, 1.807) is 0 Å². The summed E-state index contributed by atoms with van der Waals surface area (Å²) in [6.45, 7) is 5.20. The molecule has 1 fully saturated rings. The van der Waals surface area contributed by atoms with Crippen LogP contribution in [-0.4, -0.2) is 27.8 Å². The third kappa shape index (κ3) is 5.07. The molecule has 32 heavy (non-hydrogen) atoms. The summed E-state index contributed by atoms with van der Waals surface area (Å²) in [6.07, 6.45) is 4.58. The summed E-state index contributed by atoms with van der Waals surface area (Å²) < 4.78 is 5.53. The zero-order valence-corrected chi connectivity index (χ0v) is 18.8. The molecule has 3 atom stereocenters. The highest BCUT2D eigenvalue weighted by atomic mass is 16.5. The molecule has 3 unspecified atom stereocenters. The van der Waals surface area contributed by atoms with Gasteiger partial charge >= 0.3 is 5.97 Å². The van der Waals surface area contributed by atoms with E-state index in [1.807, 2.05) is 12.1 Å². The highest BCUT2D eigenvalue weighted by molar-refractivity contribution is 5.67. The lowest BCUT2D eigenvalue weighted by molar-refractivity contribution is -0.137. The van der Waals surface area contributed by atoms with Crippen LogP contribution in [0.2, 0.25) is 0 Å². The molecule has 1 saturated heterocycles. The molecule has 2 N–H and O–H groups in total. The number of aliphatic carboxylic acids is 1. The topological polar surface area (TPSA) is 88.2 Å². The molecule has 6 heteroatoms. The first-order valence-electron chi connectivity index (χ1n) is 11.6. The molecule has 6 nitrogen and oxygen atoms in total. The van der Waals surface area contributed by atoms with E-state index in [4.69, 9.17) is 9.63 Å². The van der Waals surface area contributed by atoms with Crippen LogP contribution in [0.1, 0.15) is 69.0 Å². The lowest BCUT2D eigenvalue weighted by Crippen LogP contribution is -2.14. The van der Waals surface area contributed by atoms with Gasteiger partial charge in [-0.1, -0.05) is 61.8 Å². The maximum atomic E-state index is 10.9. The molecular formula is C26H31N3O3. The van der Waals surface area contributed by atoms with E-state index < -0.39 is 5.97 Å². The molecule has 168 valence electrons. The van der Waals surface area contributed by atoms with Crippen LogP contribution in [0.5, 0.6) is 0 Å². The number of nitrogens with one attached hydrogen (secondary N) is 1. The quantitative estimate of drug-likeness (QED) is 0.442. The van der Waals surface area contributed by atoms with E-state index in [-0.39, 0.29) is 18.4 Å². The van der Waals surface area contributed by atoms with Gasteiger partial charge in [0, 0.05) is 23.6 Å². The third-order valence-electron chi connectivity index (χ3n) is 6.44. The number of carboxylic acid groups (broad SMARTS) is 1. The van der Waals surface area contributed by atoms with E-state index in [0.29, 0.717) is 17.6 Å². The average molecular weight is 434 g/mol. The van der Waals surface area contributed by atoms with Gasteiger partial charge in [0.15, 0.2) is 0 Å². The predicted molar refractivity (Wildman–Crippen MR) is 124 cm³/mol. The Hall–Kier alpha value is -2.99. The first-order valence-corrected chi connectivity index (χ1v) is 11.6. The standard InChI is InChI=1S/C26H31N3O3/c1-3-5-18(4-2)19-6-12-22(13-7-19)26-28-25(29-32-26)21-10-8-20(9-11-21)23-14-17(16-27-23)15-24(30)31/h6-13,17-18,23,27H,3-5,14-16H2,1-2H3,(H,30,31). The predicted octanol–water partition coefficient (Wildman–Crippen LogP) is 5.82. The number of hydrogen-bond donors (Lipinski definition) is 2. The first kappa shape index (κ1) is 22.2. The van der Waals surface area contributed by atoms with Crippen molar-refractivity contribution in [2.45, 2.75) is 57.9 Å². The van der Waals surface area contributed by atoms with Crippen LogP contribution >= 0.6 is 0 Å². The van der Waals surface area contributed by atoms with Crippen LogP contribution < -0.4 is 5.32 Å². The molecule has 1 aromatic heterocycles. The highest BCUT2D eigenvalue weighted by Gasteiger charge is 2.27. The molecule has 0 spiro atoms. The molecule has 1 aliphatic heterocycles. The van der Waals surface area contributed by atoms with E-state index in [2.05, 4.69) is 65.7 Å². The maximum Gasteiger partial charge on any atom is 0.303 e. The van der Waals surface area contributed by atoms with Gasteiger partial charge in [-0.05, 0) is 60.9 Å². The largest absolute Gasteiger partial charge is 0.481 e. The zero-order valence-electron chi connectivity index (χ0n) is 18.8. The second-order valence-corrected chi connectivity index (χ2v) is 8.72. The number of rotatable bonds is 9. The van der Waals surface area contributed by atoms with Crippen LogP contribution in [0.4, 0.5) is 0 Å². The molecule has 0 amide bonds. The Bertz CT molecular complexity index is 1030. The Morgan fingerprint density at radius 2 is 1.84 bits per heavy atom. The van der Waals surface area contributed by atoms with Crippen molar-refractivity contribution in [2.75, 3.05) is 6.54 Å². The molecule has 2 heterocycles. The average Bonchev–Trinajstić information content (AvgIpc) is 3.48. The molecule has 4 rings (SSSR count). The Morgan fingerprint density at radius 3 is 2.50 bits per heavy atom. The van der Waals surface area contributed by atoms with Crippen molar-refractivity contribution in [2.24, 2.45) is 5.92 Å². The fraction of sp³-hybridized carbons (Fsp3) is 0.423. The maximum absolute atomic E-state index is 10.9. The smallest absolute Gasteiger partial charge is 0.303 e. The first-order chi connectivity index (χ1) is 15.6. The van der Waals surface area contributed by atoms with Crippen LogP contribution in [0.25, 0.3) is 22.8 Å². The number of nitrogens with zero attached hydrogens (tertiary/aromatic N) is 2. The third-order valence-corrected chi connectivity index (χ3v) is 6.44. The van der Waals surface area contributed by atoms with E-state index in [9.17, 15) is 4.79 Å². The van der Waals surface area contributed by atoms with E-state index >= 15 is 0 Å². The molecule has 0 bridgehead atoms. The minimum atomic E-state index is -0.735. The van der Waals surface area contributed by atoms with Crippen LogP contribution in [0, 0.1) is 5.92 Å². The van der Waals surface area contributed by atoms with Gasteiger partial charge in [-0.15, -0.1) is 0 Å². The summed E-state index contributed by atoms with van der Waals surface area (Å²) in [5.74, 6) is 1.13. The van der Waals surface area contributed by atoms with Gasteiger partial charge in [0.25, 0.3) is 5.89 Å². The van der Waals surface area contributed by atoms with Gasteiger partial charge in [-0.25, -0.2) is 0 Å². The minimum absolute atomic E-state index is 0.179. The van der Waals surface area contributed by atoms with Crippen molar-refractivity contribution in [3.63, 3.8) is 0 Å². The number of carbonyl (C=O) groups is 1. The minimum Gasteiger partial charge on any atom is -0.481 e. The Morgan fingerprint density at radius 1 is 1.12 bits per heavy atom. The Kier molecular flexibility index (Phi) is 7.00. The fourth-order valence-electron chi connectivity index (χ4n) is 4.64. The van der Waals surface area contributed by atoms with Crippen LogP contribution in [-0.2, 0) is 4.79 Å². The van der Waals surface area contributed by atoms with E-state index in [0.717, 1.165) is 36.1 Å². The summed E-state index contributed by atoms with van der Waals surface area (Å²) in [4.78, 5) is 15.5. The normalized spacial score (nSPS) is 19.2. The summed E-state index contributed by atoms with van der Waals surface area (Å²) >= 11 is 0. The molecule has 0 aliphatic carbocycles. The van der Waals surface area contributed by atoms with Crippen LogP contribution in [0.15, 0.2) is 53.1 Å². The van der Waals surface area contributed by atoms with Crippen molar-refractivity contribution in [3.8, 4) is 22.8 Å². The summed E-state index contributed by atoms with van der Waals surface area (Å²) in [6, 6.07) is 16.8. The Labute approximate surface area is 189 Å². The second-order valence-electron chi connectivity index (χ2n) is 8.72. The lowest BCUT2D eigenvalue weighted by Gasteiger charge is -2.14.